The van der Waals surface area contributed by atoms with Gasteiger partial charge in [0.2, 0.25) is 0 Å². The minimum atomic E-state index is -0.160. The van der Waals surface area contributed by atoms with Gasteiger partial charge < -0.3 is 11.1 Å². The SMILES string of the molecule is CCc1cccc(NC(N)=N[C@@H]2C[C@H]2c2ccccc2F)c1. The zero-order chi connectivity index (χ0) is 15.5. The lowest BCUT2D eigenvalue weighted by Crippen LogP contribution is -2.23. The molecule has 0 unspecified atom stereocenters. The Bertz CT molecular complexity index is 696. The molecular formula is C18H20FN3. The van der Waals surface area contributed by atoms with Crippen LogP contribution in [0.15, 0.2) is 53.5 Å². The first kappa shape index (κ1) is 14.6. The number of nitrogens with two attached hydrogens (primary N) is 1. The molecule has 0 heterocycles. The fourth-order valence-electron chi connectivity index (χ4n) is 2.66. The van der Waals surface area contributed by atoms with Gasteiger partial charge in [-0.05, 0) is 42.2 Å². The molecule has 0 amide bonds. The molecule has 1 fully saturated rings. The molecule has 1 aliphatic rings. The highest BCUT2D eigenvalue weighted by Crippen LogP contribution is 2.44. The van der Waals surface area contributed by atoms with Gasteiger partial charge >= 0.3 is 0 Å². The highest BCUT2D eigenvalue weighted by molar-refractivity contribution is 5.92. The summed E-state index contributed by atoms with van der Waals surface area (Å²) < 4.78 is 13.7. The van der Waals surface area contributed by atoms with Gasteiger partial charge in [-0.1, -0.05) is 37.3 Å². The fraction of sp³-hybridized carbons (Fsp3) is 0.278. The number of aliphatic imine (C=N–C) groups is 1. The van der Waals surface area contributed by atoms with Crippen LogP contribution in [-0.4, -0.2) is 12.0 Å². The van der Waals surface area contributed by atoms with E-state index in [0.29, 0.717) is 5.96 Å². The first-order valence-corrected chi connectivity index (χ1v) is 7.61. The number of nitrogens with one attached hydrogen (secondary N) is 1. The fourth-order valence-corrected chi connectivity index (χ4v) is 2.66. The average Bonchev–Trinajstić information content (AvgIpc) is 3.26. The molecule has 0 bridgehead atoms. The second kappa shape index (κ2) is 6.18. The second-order valence-electron chi connectivity index (χ2n) is 5.62. The topological polar surface area (TPSA) is 50.4 Å². The van der Waals surface area contributed by atoms with Crippen LogP contribution < -0.4 is 11.1 Å². The normalized spacial score (nSPS) is 20.7. The van der Waals surface area contributed by atoms with Crippen LogP contribution in [0.2, 0.25) is 0 Å². The van der Waals surface area contributed by atoms with E-state index in [4.69, 9.17) is 5.73 Å². The highest BCUT2D eigenvalue weighted by atomic mass is 19.1. The van der Waals surface area contributed by atoms with Crippen molar-refractivity contribution in [1.29, 1.82) is 0 Å². The van der Waals surface area contributed by atoms with E-state index in [1.54, 1.807) is 6.07 Å². The Labute approximate surface area is 130 Å². The van der Waals surface area contributed by atoms with Crippen LogP contribution in [0, 0.1) is 5.82 Å². The summed E-state index contributed by atoms with van der Waals surface area (Å²) in [6, 6.07) is 15.0. The van der Waals surface area contributed by atoms with Gasteiger partial charge in [-0.15, -0.1) is 0 Å². The maximum atomic E-state index is 13.7. The molecule has 22 heavy (non-hydrogen) atoms. The molecule has 3 rings (SSSR count). The minimum absolute atomic E-state index is 0.0683. The predicted molar refractivity (Wildman–Crippen MR) is 88.6 cm³/mol. The highest BCUT2D eigenvalue weighted by Gasteiger charge is 2.40. The van der Waals surface area contributed by atoms with Crippen molar-refractivity contribution in [2.45, 2.75) is 31.7 Å². The lowest BCUT2D eigenvalue weighted by molar-refractivity contribution is 0.609. The Kier molecular flexibility index (Phi) is 4.09. The first-order chi connectivity index (χ1) is 10.7. The molecule has 3 N–H and O–H groups in total. The monoisotopic (exact) mass is 297 g/mol. The van der Waals surface area contributed by atoms with Crippen LogP contribution in [0.3, 0.4) is 0 Å². The third-order valence-corrected chi connectivity index (χ3v) is 3.97. The van der Waals surface area contributed by atoms with Gasteiger partial charge in [0, 0.05) is 11.6 Å². The van der Waals surface area contributed by atoms with Gasteiger partial charge in [0.1, 0.15) is 5.82 Å². The summed E-state index contributed by atoms with van der Waals surface area (Å²) in [7, 11) is 0. The van der Waals surface area contributed by atoms with Crippen LogP contribution in [0.4, 0.5) is 10.1 Å². The van der Waals surface area contributed by atoms with Gasteiger partial charge in [-0.3, -0.25) is 0 Å². The Hall–Kier alpha value is -2.36. The molecule has 1 saturated carbocycles. The molecule has 0 radical (unpaired) electrons. The van der Waals surface area contributed by atoms with Crippen LogP contribution in [0.1, 0.15) is 30.4 Å². The molecule has 0 saturated heterocycles. The van der Waals surface area contributed by atoms with Crippen molar-refractivity contribution in [1.82, 2.24) is 0 Å². The van der Waals surface area contributed by atoms with E-state index in [9.17, 15) is 4.39 Å². The Morgan fingerprint density at radius 3 is 2.86 bits per heavy atom. The maximum Gasteiger partial charge on any atom is 0.193 e. The van der Waals surface area contributed by atoms with Crippen LogP contribution in [0.5, 0.6) is 0 Å². The number of nitrogens with zero attached hydrogens (tertiary/aromatic N) is 1. The molecular weight excluding hydrogens is 277 g/mol. The van der Waals surface area contributed by atoms with Crippen molar-refractivity contribution in [2.24, 2.45) is 10.7 Å². The molecule has 2 aromatic carbocycles. The molecule has 114 valence electrons. The van der Waals surface area contributed by atoms with Crippen molar-refractivity contribution >= 4 is 11.6 Å². The molecule has 0 spiro atoms. The standard InChI is InChI=1S/C18H20FN3/c1-2-12-6-5-7-13(10-12)21-18(20)22-17-11-15(17)14-8-3-4-9-16(14)19/h3-10,15,17H,2,11H2,1H3,(H3,20,21,22)/t15-,17+/m0/s1. The third-order valence-electron chi connectivity index (χ3n) is 3.97. The summed E-state index contributed by atoms with van der Waals surface area (Å²) in [5.41, 5.74) is 8.87. The number of rotatable bonds is 4. The second-order valence-corrected chi connectivity index (χ2v) is 5.62. The lowest BCUT2D eigenvalue weighted by atomic mass is 10.1. The molecule has 2 aromatic rings. The number of benzene rings is 2. The molecule has 2 atom stereocenters. The number of hydrogen-bond donors (Lipinski definition) is 2. The summed E-state index contributed by atoms with van der Waals surface area (Å²) in [6.45, 7) is 2.11. The van der Waals surface area contributed by atoms with Crippen molar-refractivity contribution in [3.63, 3.8) is 0 Å². The van der Waals surface area contributed by atoms with Crippen molar-refractivity contribution in [3.05, 3.63) is 65.5 Å². The predicted octanol–water partition coefficient (Wildman–Crippen LogP) is 3.67. The molecule has 0 aliphatic heterocycles. The summed E-state index contributed by atoms with van der Waals surface area (Å²) >= 11 is 0. The van der Waals surface area contributed by atoms with E-state index in [2.05, 4.69) is 29.4 Å². The van der Waals surface area contributed by atoms with Gasteiger partial charge in [0.15, 0.2) is 5.96 Å². The van der Waals surface area contributed by atoms with Crippen molar-refractivity contribution in [3.8, 4) is 0 Å². The number of halogens is 1. The maximum absolute atomic E-state index is 13.7. The number of anilines is 1. The lowest BCUT2D eigenvalue weighted by Gasteiger charge is -2.07. The largest absolute Gasteiger partial charge is 0.370 e. The van der Waals surface area contributed by atoms with Crippen LogP contribution >= 0.6 is 0 Å². The summed E-state index contributed by atoms with van der Waals surface area (Å²) in [6.07, 6.45) is 1.82. The van der Waals surface area contributed by atoms with Crippen molar-refractivity contribution < 1.29 is 4.39 Å². The Morgan fingerprint density at radius 2 is 2.09 bits per heavy atom. The van der Waals surface area contributed by atoms with Gasteiger partial charge in [0.25, 0.3) is 0 Å². The smallest absolute Gasteiger partial charge is 0.193 e. The number of guanidine groups is 1. The van der Waals surface area contributed by atoms with E-state index in [1.165, 1.54) is 11.6 Å². The van der Waals surface area contributed by atoms with Crippen molar-refractivity contribution in [2.75, 3.05) is 5.32 Å². The molecule has 3 nitrogen and oxygen atoms in total. The zero-order valence-corrected chi connectivity index (χ0v) is 12.6. The third kappa shape index (κ3) is 3.27. The first-order valence-electron chi connectivity index (χ1n) is 7.61. The van der Waals surface area contributed by atoms with E-state index in [1.807, 2.05) is 24.3 Å². The van der Waals surface area contributed by atoms with Gasteiger partial charge in [-0.2, -0.15) is 0 Å². The quantitative estimate of drug-likeness (QED) is 0.668. The Morgan fingerprint density at radius 1 is 1.27 bits per heavy atom. The molecule has 4 heteroatoms. The zero-order valence-electron chi connectivity index (χ0n) is 12.6. The van der Waals surface area contributed by atoms with Gasteiger partial charge in [0.05, 0.1) is 6.04 Å². The van der Waals surface area contributed by atoms with E-state index >= 15 is 0 Å². The average molecular weight is 297 g/mol. The van der Waals surface area contributed by atoms with E-state index < -0.39 is 0 Å². The molecule has 0 aromatic heterocycles. The summed E-state index contributed by atoms with van der Waals surface area (Å²) in [5.74, 6) is 0.369. The van der Waals surface area contributed by atoms with Crippen LogP contribution in [-0.2, 0) is 6.42 Å². The van der Waals surface area contributed by atoms with E-state index in [0.717, 1.165) is 24.1 Å². The van der Waals surface area contributed by atoms with E-state index in [-0.39, 0.29) is 17.8 Å². The number of aryl methyl sites for hydroxylation is 1. The summed E-state index contributed by atoms with van der Waals surface area (Å²) in [4.78, 5) is 4.45. The van der Waals surface area contributed by atoms with Gasteiger partial charge in [-0.25, -0.2) is 9.38 Å². The summed E-state index contributed by atoms with van der Waals surface area (Å²) in [5, 5.41) is 3.11. The Balaban J connectivity index is 1.65. The minimum Gasteiger partial charge on any atom is -0.370 e. The number of hydrogen-bond acceptors (Lipinski definition) is 1. The van der Waals surface area contributed by atoms with Crippen LogP contribution in [0.25, 0.3) is 0 Å². The molecule has 1 aliphatic carbocycles.